The molecule has 21 heavy (non-hydrogen) atoms. The van der Waals surface area contributed by atoms with E-state index < -0.39 is 0 Å². The molecule has 0 radical (unpaired) electrons. The Hall–Kier alpha value is -0.850. The third-order valence-electron chi connectivity index (χ3n) is 2.61. The van der Waals surface area contributed by atoms with Crippen LogP contribution >= 0.6 is 11.6 Å². The van der Waals surface area contributed by atoms with Gasteiger partial charge in [-0.15, -0.1) is 0 Å². The minimum atomic E-state index is 0.569. The van der Waals surface area contributed by atoms with Crippen LogP contribution in [0.15, 0.2) is 24.3 Å². The van der Waals surface area contributed by atoms with E-state index >= 15 is 0 Å². The molecule has 5 nitrogen and oxygen atoms in total. The van der Waals surface area contributed by atoms with Crippen molar-refractivity contribution < 1.29 is 18.9 Å². The first-order valence-electron chi connectivity index (χ1n) is 7.05. The molecule has 0 aliphatic carbocycles. The lowest BCUT2D eigenvalue weighted by Crippen LogP contribution is -2.14. The van der Waals surface area contributed by atoms with E-state index in [1.165, 1.54) is 0 Å². The average molecular weight is 318 g/mol. The first-order chi connectivity index (χ1) is 10.3. The summed E-state index contributed by atoms with van der Waals surface area (Å²) in [6, 6.07) is 7.64. The Labute approximate surface area is 131 Å². The van der Waals surface area contributed by atoms with Crippen molar-refractivity contribution in [3.8, 4) is 0 Å². The van der Waals surface area contributed by atoms with E-state index in [9.17, 15) is 0 Å². The number of anilines is 1. The molecule has 1 aromatic rings. The smallest absolute Gasteiger partial charge is 0.0701 e. The van der Waals surface area contributed by atoms with Crippen molar-refractivity contribution in [2.45, 2.75) is 0 Å². The molecule has 0 aromatic heterocycles. The zero-order valence-electron chi connectivity index (χ0n) is 12.5. The number of halogens is 1. The summed E-state index contributed by atoms with van der Waals surface area (Å²) in [5.41, 5.74) is 0.923. The normalized spacial score (nSPS) is 10.8. The van der Waals surface area contributed by atoms with Crippen molar-refractivity contribution in [1.29, 1.82) is 0 Å². The minimum Gasteiger partial charge on any atom is -0.382 e. The third kappa shape index (κ3) is 9.66. The molecule has 0 saturated heterocycles. The number of hydrogen-bond acceptors (Lipinski definition) is 5. The average Bonchev–Trinajstić information content (AvgIpc) is 2.50. The van der Waals surface area contributed by atoms with Crippen LogP contribution in [0.4, 0.5) is 5.69 Å². The molecule has 0 saturated carbocycles. The summed E-state index contributed by atoms with van der Waals surface area (Å²) in [7, 11) is 1.65. The second-order valence-corrected chi connectivity index (χ2v) is 4.64. The second-order valence-electron chi connectivity index (χ2n) is 4.24. The topological polar surface area (TPSA) is 49.0 Å². The molecular weight excluding hydrogens is 294 g/mol. The van der Waals surface area contributed by atoms with Crippen molar-refractivity contribution in [3.63, 3.8) is 0 Å². The Bertz CT molecular complexity index is 365. The van der Waals surface area contributed by atoms with Crippen molar-refractivity contribution >= 4 is 17.3 Å². The van der Waals surface area contributed by atoms with Crippen molar-refractivity contribution in [2.75, 3.05) is 65.2 Å². The molecule has 0 bridgehead atoms. The Morgan fingerprint density at radius 3 is 2.05 bits per heavy atom. The lowest BCUT2D eigenvalue weighted by atomic mass is 10.3. The summed E-state index contributed by atoms with van der Waals surface area (Å²) in [5, 5.41) is 3.93. The number of para-hydroxylation sites is 1. The molecule has 0 atom stereocenters. The lowest BCUT2D eigenvalue weighted by Gasteiger charge is -2.09. The molecule has 0 unspecified atom stereocenters. The second kappa shape index (κ2) is 12.9. The lowest BCUT2D eigenvalue weighted by molar-refractivity contribution is 0.00496. The summed E-state index contributed by atoms with van der Waals surface area (Å²) < 4.78 is 20.9. The molecule has 6 heteroatoms. The molecule has 1 N–H and O–H groups in total. The molecule has 0 fully saturated rings. The highest BCUT2D eigenvalue weighted by Crippen LogP contribution is 2.19. The molecule has 0 heterocycles. The standard InChI is InChI=1S/C15H24ClNO4/c1-18-8-9-20-12-13-21-11-10-19-7-6-17-15-5-3-2-4-14(15)16/h2-5,17H,6-13H2,1H3. The molecule has 0 amide bonds. The van der Waals surface area contributed by atoms with Gasteiger partial charge in [0.05, 0.1) is 57.0 Å². The Morgan fingerprint density at radius 2 is 1.43 bits per heavy atom. The quantitative estimate of drug-likeness (QED) is 0.566. The van der Waals surface area contributed by atoms with Gasteiger partial charge in [0, 0.05) is 13.7 Å². The van der Waals surface area contributed by atoms with Crippen LogP contribution in [0.1, 0.15) is 0 Å². The highest BCUT2D eigenvalue weighted by molar-refractivity contribution is 6.33. The maximum atomic E-state index is 6.02. The number of nitrogens with one attached hydrogen (secondary N) is 1. The van der Waals surface area contributed by atoms with Crippen LogP contribution in [0, 0.1) is 0 Å². The predicted molar refractivity (Wildman–Crippen MR) is 84.3 cm³/mol. The number of methoxy groups -OCH3 is 1. The van der Waals surface area contributed by atoms with Crippen LogP contribution in [0.5, 0.6) is 0 Å². The summed E-state index contributed by atoms with van der Waals surface area (Å²) >= 11 is 6.02. The third-order valence-corrected chi connectivity index (χ3v) is 2.94. The van der Waals surface area contributed by atoms with Crippen molar-refractivity contribution in [1.82, 2.24) is 0 Å². The first-order valence-corrected chi connectivity index (χ1v) is 7.43. The molecule has 0 spiro atoms. The highest BCUT2D eigenvalue weighted by atomic mass is 35.5. The fourth-order valence-electron chi connectivity index (χ4n) is 1.55. The zero-order valence-corrected chi connectivity index (χ0v) is 13.2. The molecular formula is C15H24ClNO4. The summed E-state index contributed by atoms with van der Waals surface area (Å²) in [4.78, 5) is 0. The van der Waals surface area contributed by atoms with Crippen LogP contribution in [0.2, 0.25) is 5.02 Å². The van der Waals surface area contributed by atoms with Crippen LogP contribution in [-0.4, -0.2) is 59.9 Å². The van der Waals surface area contributed by atoms with Gasteiger partial charge in [0.15, 0.2) is 0 Å². The van der Waals surface area contributed by atoms with E-state index in [2.05, 4.69) is 5.32 Å². The van der Waals surface area contributed by atoms with Crippen molar-refractivity contribution in [3.05, 3.63) is 29.3 Å². The van der Waals surface area contributed by atoms with Gasteiger partial charge in [-0.25, -0.2) is 0 Å². The van der Waals surface area contributed by atoms with Gasteiger partial charge in [-0.1, -0.05) is 23.7 Å². The number of hydrogen-bond donors (Lipinski definition) is 1. The van der Waals surface area contributed by atoms with Crippen LogP contribution in [0.25, 0.3) is 0 Å². The van der Waals surface area contributed by atoms with E-state index in [1.54, 1.807) is 7.11 Å². The van der Waals surface area contributed by atoms with E-state index in [4.69, 9.17) is 30.5 Å². The zero-order chi connectivity index (χ0) is 15.2. The van der Waals surface area contributed by atoms with Crippen molar-refractivity contribution in [2.24, 2.45) is 0 Å². The number of ether oxygens (including phenoxy) is 4. The van der Waals surface area contributed by atoms with Crippen LogP contribution in [-0.2, 0) is 18.9 Å². The molecule has 0 aliphatic rings. The maximum Gasteiger partial charge on any atom is 0.0701 e. The van der Waals surface area contributed by atoms with Gasteiger partial charge in [-0.05, 0) is 12.1 Å². The van der Waals surface area contributed by atoms with Gasteiger partial charge >= 0.3 is 0 Å². The SMILES string of the molecule is COCCOCCOCCOCCNc1ccccc1Cl. The monoisotopic (exact) mass is 317 g/mol. The van der Waals surface area contributed by atoms with Crippen LogP contribution in [0.3, 0.4) is 0 Å². The fraction of sp³-hybridized carbons (Fsp3) is 0.600. The van der Waals surface area contributed by atoms with Gasteiger partial charge < -0.3 is 24.3 Å². The first kappa shape index (κ1) is 18.2. The minimum absolute atomic E-state index is 0.569. The van der Waals surface area contributed by atoms with Gasteiger partial charge in [0.1, 0.15) is 0 Å². The Balaban J connectivity index is 1.84. The molecule has 0 aliphatic heterocycles. The van der Waals surface area contributed by atoms with E-state index in [1.807, 2.05) is 24.3 Å². The van der Waals surface area contributed by atoms with Gasteiger partial charge in [0.25, 0.3) is 0 Å². The number of rotatable bonds is 13. The number of benzene rings is 1. The highest BCUT2D eigenvalue weighted by Gasteiger charge is 1.97. The maximum absolute atomic E-state index is 6.02. The van der Waals surface area contributed by atoms with E-state index in [0.29, 0.717) is 57.8 Å². The van der Waals surface area contributed by atoms with Crippen LogP contribution < -0.4 is 5.32 Å². The Kier molecular flexibility index (Phi) is 11.1. The van der Waals surface area contributed by atoms with E-state index in [0.717, 1.165) is 5.69 Å². The fourth-order valence-corrected chi connectivity index (χ4v) is 1.75. The summed E-state index contributed by atoms with van der Waals surface area (Å²) in [6.45, 7) is 4.83. The Morgan fingerprint density at radius 1 is 0.857 bits per heavy atom. The van der Waals surface area contributed by atoms with E-state index in [-0.39, 0.29) is 0 Å². The predicted octanol–water partition coefficient (Wildman–Crippen LogP) is 2.45. The molecule has 1 aromatic carbocycles. The van der Waals surface area contributed by atoms with Gasteiger partial charge in [0.2, 0.25) is 0 Å². The molecule has 120 valence electrons. The largest absolute Gasteiger partial charge is 0.382 e. The summed E-state index contributed by atoms with van der Waals surface area (Å²) in [5.74, 6) is 0. The molecule has 1 rings (SSSR count). The van der Waals surface area contributed by atoms with Gasteiger partial charge in [-0.2, -0.15) is 0 Å². The summed E-state index contributed by atoms with van der Waals surface area (Å²) in [6.07, 6.45) is 0. The van der Waals surface area contributed by atoms with Gasteiger partial charge in [-0.3, -0.25) is 0 Å².